The van der Waals surface area contributed by atoms with Gasteiger partial charge in [-0.05, 0) is 11.8 Å². The number of nitrogens with zero attached hydrogens (tertiary/aromatic N) is 3. The van der Waals surface area contributed by atoms with E-state index in [-0.39, 0.29) is 6.03 Å². The summed E-state index contributed by atoms with van der Waals surface area (Å²) >= 11 is 5.74. The Morgan fingerprint density at radius 3 is 2.69 bits per heavy atom. The zero-order chi connectivity index (χ0) is 11.1. The standard InChI is InChI=1S/C10H13ClN4O/c11-9-3-13-15(6-9)10(16)14-4-7-1-12-2-8(7)5-14/h3,6-8,12H,1-2,4-5H2/t7-,8+. The molecule has 1 aromatic heterocycles. The third-order valence-corrected chi connectivity index (χ3v) is 3.60. The quantitative estimate of drug-likeness (QED) is 0.725. The molecule has 2 atom stereocenters. The minimum Gasteiger partial charge on any atom is -0.322 e. The highest BCUT2D eigenvalue weighted by Gasteiger charge is 2.38. The second-order valence-corrected chi connectivity index (χ2v) is 4.91. The van der Waals surface area contributed by atoms with Crippen molar-refractivity contribution in [2.45, 2.75) is 0 Å². The van der Waals surface area contributed by atoms with Crippen LogP contribution in [0.3, 0.4) is 0 Å². The van der Waals surface area contributed by atoms with Crippen LogP contribution in [-0.4, -0.2) is 46.9 Å². The van der Waals surface area contributed by atoms with Gasteiger partial charge < -0.3 is 10.2 Å². The van der Waals surface area contributed by atoms with Crippen molar-refractivity contribution in [2.75, 3.05) is 26.2 Å². The minimum atomic E-state index is -0.0682. The van der Waals surface area contributed by atoms with E-state index < -0.39 is 0 Å². The lowest BCUT2D eigenvalue weighted by Crippen LogP contribution is -2.35. The molecule has 0 aromatic carbocycles. The molecule has 3 rings (SSSR count). The average Bonchev–Trinajstić information content (AvgIpc) is 2.89. The zero-order valence-electron chi connectivity index (χ0n) is 8.77. The molecule has 1 aromatic rings. The van der Waals surface area contributed by atoms with Crippen LogP contribution in [0.15, 0.2) is 12.4 Å². The first kappa shape index (κ1) is 10.1. The number of fused-ring (bicyclic) bond motifs is 1. The van der Waals surface area contributed by atoms with E-state index in [4.69, 9.17) is 11.6 Å². The van der Waals surface area contributed by atoms with Crippen LogP contribution in [0.1, 0.15) is 0 Å². The number of aromatic nitrogens is 2. The predicted molar refractivity (Wildman–Crippen MR) is 59.5 cm³/mol. The highest BCUT2D eigenvalue weighted by atomic mass is 35.5. The molecule has 0 spiro atoms. The Kier molecular flexibility index (Phi) is 2.37. The van der Waals surface area contributed by atoms with Crippen molar-refractivity contribution in [3.63, 3.8) is 0 Å². The van der Waals surface area contributed by atoms with Crippen molar-refractivity contribution in [3.8, 4) is 0 Å². The third kappa shape index (κ3) is 1.60. The summed E-state index contributed by atoms with van der Waals surface area (Å²) in [5, 5.41) is 7.77. The number of carbonyl (C=O) groups excluding carboxylic acids is 1. The van der Waals surface area contributed by atoms with E-state index >= 15 is 0 Å². The Bertz CT molecular complexity index is 407. The largest absolute Gasteiger partial charge is 0.344 e. The van der Waals surface area contributed by atoms with Crippen LogP contribution in [0, 0.1) is 11.8 Å². The number of rotatable bonds is 0. The highest BCUT2D eigenvalue weighted by Crippen LogP contribution is 2.26. The van der Waals surface area contributed by atoms with Gasteiger partial charge in [0.1, 0.15) is 0 Å². The van der Waals surface area contributed by atoms with Gasteiger partial charge in [0.25, 0.3) is 0 Å². The molecule has 0 bridgehead atoms. The fraction of sp³-hybridized carbons (Fsp3) is 0.600. The van der Waals surface area contributed by atoms with E-state index in [1.165, 1.54) is 10.9 Å². The molecule has 86 valence electrons. The topological polar surface area (TPSA) is 50.2 Å². The second kappa shape index (κ2) is 3.75. The van der Waals surface area contributed by atoms with E-state index in [0.717, 1.165) is 26.2 Å². The van der Waals surface area contributed by atoms with Crippen molar-refractivity contribution in [3.05, 3.63) is 17.4 Å². The number of amides is 1. The first-order chi connectivity index (χ1) is 7.74. The maximum Gasteiger partial charge on any atom is 0.344 e. The molecule has 2 aliphatic heterocycles. The van der Waals surface area contributed by atoms with Gasteiger partial charge in [0.05, 0.1) is 17.4 Å². The minimum absolute atomic E-state index is 0.0682. The molecule has 16 heavy (non-hydrogen) atoms. The van der Waals surface area contributed by atoms with Crippen molar-refractivity contribution >= 4 is 17.6 Å². The molecule has 0 aliphatic carbocycles. The smallest absolute Gasteiger partial charge is 0.322 e. The number of hydrogen-bond donors (Lipinski definition) is 1. The molecule has 0 radical (unpaired) electrons. The van der Waals surface area contributed by atoms with Crippen molar-refractivity contribution in [1.29, 1.82) is 0 Å². The lowest BCUT2D eigenvalue weighted by atomic mass is 10.0. The fourth-order valence-corrected chi connectivity index (χ4v) is 2.70. The summed E-state index contributed by atoms with van der Waals surface area (Å²) < 4.78 is 1.32. The van der Waals surface area contributed by atoms with Gasteiger partial charge in [0, 0.05) is 26.2 Å². The van der Waals surface area contributed by atoms with Crippen molar-refractivity contribution < 1.29 is 4.79 Å². The molecule has 0 saturated carbocycles. The van der Waals surface area contributed by atoms with Gasteiger partial charge in [-0.2, -0.15) is 9.78 Å². The lowest BCUT2D eigenvalue weighted by Gasteiger charge is -2.16. The zero-order valence-corrected chi connectivity index (χ0v) is 9.52. The van der Waals surface area contributed by atoms with E-state index in [9.17, 15) is 4.79 Å². The van der Waals surface area contributed by atoms with E-state index in [1.807, 2.05) is 4.90 Å². The molecule has 0 unspecified atom stereocenters. The predicted octanol–water partition coefficient (Wildman–Crippen LogP) is 0.656. The van der Waals surface area contributed by atoms with Crippen LogP contribution in [-0.2, 0) is 0 Å². The molecular formula is C10H13ClN4O. The normalized spacial score (nSPS) is 28.4. The van der Waals surface area contributed by atoms with Gasteiger partial charge in [0.15, 0.2) is 0 Å². The highest BCUT2D eigenvalue weighted by molar-refractivity contribution is 6.30. The summed E-state index contributed by atoms with van der Waals surface area (Å²) in [6, 6.07) is -0.0682. The van der Waals surface area contributed by atoms with Crippen molar-refractivity contribution in [2.24, 2.45) is 11.8 Å². The van der Waals surface area contributed by atoms with Crippen LogP contribution in [0.25, 0.3) is 0 Å². The van der Waals surface area contributed by atoms with Gasteiger partial charge in [-0.1, -0.05) is 11.6 Å². The number of nitrogens with one attached hydrogen (secondary N) is 1. The maximum absolute atomic E-state index is 12.0. The van der Waals surface area contributed by atoms with Gasteiger partial charge in [0.2, 0.25) is 0 Å². The summed E-state index contributed by atoms with van der Waals surface area (Å²) in [5.74, 6) is 1.21. The summed E-state index contributed by atoms with van der Waals surface area (Å²) in [5.41, 5.74) is 0. The van der Waals surface area contributed by atoms with Gasteiger partial charge in [-0.25, -0.2) is 4.79 Å². The van der Waals surface area contributed by atoms with Crippen LogP contribution in [0.5, 0.6) is 0 Å². The summed E-state index contributed by atoms with van der Waals surface area (Å²) in [4.78, 5) is 13.9. The van der Waals surface area contributed by atoms with Crippen LogP contribution < -0.4 is 5.32 Å². The first-order valence-corrected chi connectivity index (χ1v) is 5.82. The van der Waals surface area contributed by atoms with Crippen LogP contribution in [0.4, 0.5) is 4.79 Å². The number of likely N-dealkylation sites (tertiary alicyclic amines) is 1. The van der Waals surface area contributed by atoms with Crippen LogP contribution in [0.2, 0.25) is 5.02 Å². The molecule has 3 heterocycles. The SMILES string of the molecule is O=C(N1C[C@H]2CNC[C@H]2C1)n1cc(Cl)cn1. The monoisotopic (exact) mass is 240 g/mol. The maximum atomic E-state index is 12.0. The number of halogens is 1. The number of carbonyl (C=O) groups is 1. The Hall–Kier alpha value is -1.07. The van der Waals surface area contributed by atoms with Gasteiger partial charge in [-0.15, -0.1) is 0 Å². The summed E-state index contributed by atoms with van der Waals surface area (Å²) in [6.45, 7) is 3.70. The second-order valence-electron chi connectivity index (χ2n) is 4.47. The Morgan fingerprint density at radius 2 is 2.12 bits per heavy atom. The Balaban J connectivity index is 1.73. The van der Waals surface area contributed by atoms with Crippen LogP contribution >= 0.6 is 11.6 Å². The molecular weight excluding hydrogens is 228 g/mol. The van der Waals surface area contributed by atoms with Crippen molar-refractivity contribution in [1.82, 2.24) is 20.0 Å². The van der Waals surface area contributed by atoms with Gasteiger partial charge in [-0.3, -0.25) is 0 Å². The van der Waals surface area contributed by atoms with E-state index in [1.54, 1.807) is 6.20 Å². The lowest BCUT2D eigenvalue weighted by molar-refractivity contribution is 0.204. The average molecular weight is 241 g/mol. The Morgan fingerprint density at radius 1 is 1.44 bits per heavy atom. The summed E-state index contributed by atoms with van der Waals surface area (Å²) in [7, 11) is 0. The third-order valence-electron chi connectivity index (χ3n) is 3.41. The molecule has 2 fully saturated rings. The molecule has 2 saturated heterocycles. The molecule has 2 aliphatic rings. The molecule has 1 N–H and O–H groups in total. The molecule has 5 nitrogen and oxygen atoms in total. The number of hydrogen-bond acceptors (Lipinski definition) is 3. The summed E-state index contributed by atoms with van der Waals surface area (Å²) in [6.07, 6.45) is 3.04. The first-order valence-electron chi connectivity index (χ1n) is 5.44. The van der Waals surface area contributed by atoms with E-state index in [0.29, 0.717) is 16.9 Å². The van der Waals surface area contributed by atoms with Gasteiger partial charge >= 0.3 is 6.03 Å². The molecule has 6 heteroatoms. The fourth-order valence-electron chi connectivity index (χ4n) is 2.56. The molecule has 1 amide bonds. The van der Waals surface area contributed by atoms with E-state index in [2.05, 4.69) is 10.4 Å². The Labute approximate surface area is 98.4 Å².